The first-order chi connectivity index (χ1) is 7.35. The third-order valence-electron chi connectivity index (χ3n) is 3.57. The first-order valence-corrected chi connectivity index (χ1v) is 5.81. The molecule has 2 saturated heterocycles. The number of hydrogen-bond acceptors (Lipinski definition) is 3. The lowest BCUT2D eigenvalue weighted by Gasteiger charge is -2.38. The zero-order valence-corrected chi connectivity index (χ0v) is 9.41. The molecule has 0 aromatic heterocycles. The zero-order chi connectivity index (χ0) is 10.7. The summed E-state index contributed by atoms with van der Waals surface area (Å²) >= 11 is 0. The maximum absolute atomic E-state index is 5.90. The van der Waals surface area contributed by atoms with Crippen molar-refractivity contribution in [1.29, 1.82) is 0 Å². The van der Waals surface area contributed by atoms with Gasteiger partial charge >= 0.3 is 0 Å². The Balaban J connectivity index is 1.91. The minimum atomic E-state index is 0.264. The summed E-state index contributed by atoms with van der Waals surface area (Å²) in [4.78, 5) is 2.55. The highest BCUT2D eigenvalue weighted by Gasteiger charge is 2.34. The predicted octanol–water partition coefficient (Wildman–Crippen LogP) is 0.461. The molecule has 3 heteroatoms. The van der Waals surface area contributed by atoms with E-state index in [1.165, 1.54) is 19.4 Å². The molecule has 2 fully saturated rings. The second kappa shape index (κ2) is 4.98. The van der Waals surface area contributed by atoms with Crippen LogP contribution in [0.2, 0.25) is 0 Å². The van der Waals surface area contributed by atoms with Gasteiger partial charge in [-0.05, 0) is 26.4 Å². The number of nitrogens with zero attached hydrogens (tertiary/aromatic N) is 1. The predicted molar refractivity (Wildman–Crippen MR) is 60.6 cm³/mol. The van der Waals surface area contributed by atoms with Crippen molar-refractivity contribution in [3.05, 3.63) is 0 Å². The van der Waals surface area contributed by atoms with Crippen LogP contribution in [0.4, 0.5) is 0 Å². The van der Waals surface area contributed by atoms with Crippen molar-refractivity contribution in [3.63, 3.8) is 0 Å². The number of fused-ring (bicyclic) bond motifs is 1. The molecule has 15 heavy (non-hydrogen) atoms. The number of hydrogen-bond donors (Lipinski definition) is 1. The number of ether oxygens (including phenoxy) is 1. The Labute approximate surface area is 92.2 Å². The Morgan fingerprint density at radius 2 is 2.53 bits per heavy atom. The largest absolute Gasteiger partial charge is 0.374 e. The van der Waals surface area contributed by atoms with Crippen LogP contribution in [-0.4, -0.2) is 49.8 Å². The molecule has 0 radical (unpaired) electrons. The average Bonchev–Trinajstić information content (AvgIpc) is 2.72. The van der Waals surface area contributed by atoms with Crippen molar-refractivity contribution < 1.29 is 4.74 Å². The lowest BCUT2D eigenvalue weighted by Crippen LogP contribution is -2.53. The van der Waals surface area contributed by atoms with E-state index in [0.717, 1.165) is 19.6 Å². The molecule has 0 amide bonds. The molecule has 3 atom stereocenters. The van der Waals surface area contributed by atoms with E-state index in [4.69, 9.17) is 11.2 Å². The van der Waals surface area contributed by atoms with E-state index in [-0.39, 0.29) is 6.10 Å². The van der Waals surface area contributed by atoms with E-state index >= 15 is 0 Å². The second-order valence-electron chi connectivity index (χ2n) is 4.47. The standard InChI is InChI=1S/C12H20N2O/c1-3-5-11(13-2)12-8-14-7-4-6-10(14)9-15-12/h1,10-13H,4-9H2,2H3. The molecule has 1 N–H and O–H groups in total. The molecule has 3 unspecified atom stereocenters. The third kappa shape index (κ3) is 2.34. The maximum Gasteiger partial charge on any atom is 0.0864 e. The van der Waals surface area contributed by atoms with Gasteiger partial charge in [0.1, 0.15) is 0 Å². The second-order valence-corrected chi connectivity index (χ2v) is 4.47. The van der Waals surface area contributed by atoms with E-state index in [1.54, 1.807) is 0 Å². The molecule has 2 aliphatic rings. The van der Waals surface area contributed by atoms with Gasteiger partial charge in [-0.25, -0.2) is 0 Å². The molecule has 2 heterocycles. The van der Waals surface area contributed by atoms with Gasteiger partial charge in [0.05, 0.1) is 12.7 Å². The Kier molecular flexibility index (Phi) is 3.63. The quantitative estimate of drug-likeness (QED) is 0.682. The monoisotopic (exact) mass is 208 g/mol. The van der Waals surface area contributed by atoms with Gasteiger partial charge < -0.3 is 10.1 Å². The van der Waals surface area contributed by atoms with Crippen LogP contribution in [0, 0.1) is 12.3 Å². The van der Waals surface area contributed by atoms with Crippen molar-refractivity contribution in [2.45, 2.75) is 37.5 Å². The highest BCUT2D eigenvalue weighted by molar-refractivity contribution is 4.96. The Hall–Kier alpha value is -0.560. The Morgan fingerprint density at radius 1 is 1.67 bits per heavy atom. The summed E-state index contributed by atoms with van der Waals surface area (Å²) in [6.45, 7) is 3.16. The van der Waals surface area contributed by atoms with E-state index < -0.39 is 0 Å². The number of nitrogens with one attached hydrogen (secondary N) is 1. The lowest BCUT2D eigenvalue weighted by molar-refractivity contribution is -0.0627. The molecular formula is C12H20N2O. The summed E-state index contributed by atoms with van der Waals surface area (Å²) in [7, 11) is 1.96. The van der Waals surface area contributed by atoms with Crippen molar-refractivity contribution in [2.75, 3.05) is 26.7 Å². The SMILES string of the molecule is C#CCC(NC)C1CN2CCCC2CO1. The highest BCUT2D eigenvalue weighted by atomic mass is 16.5. The number of terminal acetylenes is 1. The molecule has 0 aromatic rings. The van der Waals surface area contributed by atoms with Crippen LogP contribution in [0.15, 0.2) is 0 Å². The lowest BCUT2D eigenvalue weighted by atomic mass is 10.1. The first kappa shape index (κ1) is 10.9. The van der Waals surface area contributed by atoms with Crippen LogP contribution in [-0.2, 0) is 4.74 Å². The van der Waals surface area contributed by atoms with Crippen molar-refractivity contribution in [1.82, 2.24) is 10.2 Å². The van der Waals surface area contributed by atoms with Crippen LogP contribution < -0.4 is 5.32 Å². The fourth-order valence-corrected chi connectivity index (χ4v) is 2.63. The van der Waals surface area contributed by atoms with E-state index in [9.17, 15) is 0 Å². The molecule has 84 valence electrons. The van der Waals surface area contributed by atoms with E-state index in [1.807, 2.05) is 7.05 Å². The summed E-state index contributed by atoms with van der Waals surface area (Å²) in [6, 6.07) is 0.973. The zero-order valence-electron chi connectivity index (χ0n) is 9.41. The van der Waals surface area contributed by atoms with Gasteiger partial charge in [-0.15, -0.1) is 12.3 Å². The number of likely N-dealkylation sites (N-methyl/N-ethyl adjacent to an activating group) is 1. The number of morpholine rings is 1. The first-order valence-electron chi connectivity index (χ1n) is 5.81. The summed E-state index contributed by atoms with van der Waals surface area (Å²) in [5, 5.41) is 3.26. The van der Waals surface area contributed by atoms with Crippen LogP contribution in [0.25, 0.3) is 0 Å². The summed E-state index contributed by atoms with van der Waals surface area (Å²) in [6.07, 6.45) is 8.99. The molecule has 2 rings (SSSR count). The molecule has 0 spiro atoms. The van der Waals surface area contributed by atoms with Gasteiger partial charge in [-0.3, -0.25) is 4.90 Å². The van der Waals surface area contributed by atoms with Crippen LogP contribution in [0.5, 0.6) is 0 Å². The molecular weight excluding hydrogens is 188 g/mol. The van der Waals surface area contributed by atoms with Crippen LogP contribution in [0.1, 0.15) is 19.3 Å². The number of rotatable bonds is 3. The fraction of sp³-hybridized carbons (Fsp3) is 0.833. The van der Waals surface area contributed by atoms with Gasteiger partial charge in [-0.2, -0.15) is 0 Å². The molecule has 0 aromatic carbocycles. The van der Waals surface area contributed by atoms with Gasteiger partial charge in [0.25, 0.3) is 0 Å². The molecule has 0 bridgehead atoms. The van der Waals surface area contributed by atoms with Gasteiger partial charge in [-0.1, -0.05) is 0 Å². The molecule has 0 saturated carbocycles. The topological polar surface area (TPSA) is 24.5 Å². The third-order valence-corrected chi connectivity index (χ3v) is 3.57. The highest BCUT2D eigenvalue weighted by Crippen LogP contribution is 2.24. The van der Waals surface area contributed by atoms with Gasteiger partial charge in [0.15, 0.2) is 0 Å². The van der Waals surface area contributed by atoms with Crippen LogP contribution in [0.3, 0.4) is 0 Å². The maximum atomic E-state index is 5.90. The Morgan fingerprint density at radius 3 is 3.27 bits per heavy atom. The minimum Gasteiger partial charge on any atom is -0.374 e. The molecule has 3 nitrogen and oxygen atoms in total. The minimum absolute atomic E-state index is 0.264. The van der Waals surface area contributed by atoms with Crippen molar-refractivity contribution in [2.24, 2.45) is 0 Å². The van der Waals surface area contributed by atoms with Gasteiger partial charge in [0, 0.05) is 25.0 Å². The fourth-order valence-electron chi connectivity index (χ4n) is 2.63. The van der Waals surface area contributed by atoms with E-state index in [0.29, 0.717) is 12.1 Å². The smallest absolute Gasteiger partial charge is 0.0864 e. The van der Waals surface area contributed by atoms with E-state index in [2.05, 4.69) is 16.1 Å². The van der Waals surface area contributed by atoms with Crippen LogP contribution >= 0.6 is 0 Å². The summed E-state index contributed by atoms with van der Waals surface area (Å²) in [5.41, 5.74) is 0. The average molecular weight is 208 g/mol. The molecule has 2 aliphatic heterocycles. The summed E-state index contributed by atoms with van der Waals surface area (Å²) < 4.78 is 5.90. The van der Waals surface area contributed by atoms with Gasteiger partial charge in [0.2, 0.25) is 0 Å². The van der Waals surface area contributed by atoms with Crippen molar-refractivity contribution >= 4 is 0 Å². The Bertz CT molecular complexity index is 248. The van der Waals surface area contributed by atoms with Crippen molar-refractivity contribution in [3.8, 4) is 12.3 Å². The molecule has 0 aliphatic carbocycles. The summed E-state index contributed by atoms with van der Waals surface area (Å²) in [5.74, 6) is 2.71. The normalized spacial score (nSPS) is 33.3.